The van der Waals surface area contributed by atoms with Gasteiger partial charge in [-0.3, -0.25) is 9.59 Å². The van der Waals surface area contributed by atoms with Crippen molar-refractivity contribution in [3.8, 4) is 5.82 Å². The number of hydrogen-bond acceptors (Lipinski definition) is 7. The summed E-state index contributed by atoms with van der Waals surface area (Å²) in [6.07, 6.45) is -3.63. The Morgan fingerprint density at radius 3 is 2.33 bits per heavy atom. The van der Waals surface area contributed by atoms with Crippen LogP contribution in [0.4, 0.5) is 13.2 Å². The molecule has 5 aromatic rings. The molecule has 45 heavy (non-hydrogen) atoms. The van der Waals surface area contributed by atoms with E-state index in [0.717, 1.165) is 0 Å². The van der Waals surface area contributed by atoms with Gasteiger partial charge in [-0.05, 0) is 77.4 Å². The molecule has 3 heterocycles. The molecule has 0 bridgehead atoms. The van der Waals surface area contributed by atoms with Crippen molar-refractivity contribution in [1.82, 2.24) is 40.3 Å². The summed E-state index contributed by atoms with van der Waals surface area (Å²) in [7, 11) is 0. The molecule has 0 unspecified atom stereocenters. The first kappa shape index (κ1) is 32.4. The van der Waals surface area contributed by atoms with E-state index < -0.39 is 23.7 Å². The molecule has 0 aliphatic heterocycles. The average Bonchev–Trinajstić information content (AvgIpc) is 3.60. The second-order valence-electron chi connectivity index (χ2n) is 9.69. The van der Waals surface area contributed by atoms with Crippen LogP contribution in [0, 0.1) is 6.92 Å². The predicted octanol–water partition coefficient (Wildman–Crippen LogP) is 6.60. The van der Waals surface area contributed by atoms with Gasteiger partial charge in [0.15, 0.2) is 11.6 Å². The molecule has 2 aromatic carbocycles. The van der Waals surface area contributed by atoms with Gasteiger partial charge in [0.2, 0.25) is 0 Å². The molecule has 0 saturated heterocycles. The molecule has 0 saturated carbocycles. The van der Waals surface area contributed by atoms with Gasteiger partial charge in [0.05, 0.1) is 10.7 Å². The second-order valence-corrected chi connectivity index (χ2v) is 11.4. The molecular formula is C28H19Cl4F3N8O2. The lowest BCUT2D eigenvalue weighted by atomic mass is 9.95. The summed E-state index contributed by atoms with van der Waals surface area (Å²) in [5.41, 5.74) is 1.90. The predicted molar refractivity (Wildman–Crippen MR) is 160 cm³/mol. The van der Waals surface area contributed by atoms with E-state index >= 15 is 0 Å². The highest BCUT2D eigenvalue weighted by molar-refractivity contribution is 6.34. The fourth-order valence-corrected chi connectivity index (χ4v) is 5.47. The third-order valence-corrected chi connectivity index (χ3v) is 7.34. The van der Waals surface area contributed by atoms with Gasteiger partial charge in [-0.2, -0.15) is 23.1 Å². The summed E-state index contributed by atoms with van der Waals surface area (Å²) in [5.74, 6) is -2.32. The highest BCUT2D eigenvalue weighted by Crippen LogP contribution is 2.27. The summed E-state index contributed by atoms with van der Waals surface area (Å²) >= 11 is 24.8. The summed E-state index contributed by atoms with van der Waals surface area (Å²) in [4.78, 5) is 32.1. The number of amides is 1. The number of alkyl halides is 3. The Morgan fingerprint density at radius 2 is 1.67 bits per heavy atom. The number of carbonyl (C=O) groups excluding carboxylic acids is 2. The minimum atomic E-state index is -4.79. The molecule has 1 amide bonds. The van der Waals surface area contributed by atoms with Crippen molar-refractivity contribution in [1.29, 1.82) is 0 Å². The first-order chi connectivity index (χ1) is 21.3. The Balaban J connectivity index is 1.47. The van der Waals surface area contributed by atoms with Crippen molar-refractivity contribution in [3.05, 3.63) is 114 Å². The van der Waals surface area contributed by atoms with Crippen LogP contribution in [0.2, 0.25) is 20.1 Å². The summed E-state index contributed by atoms with van der Waals surface area (Å²) < 4.78 is 40.1. The molecule has 0 aliphatic carbocycles. The van der Waals surface area contributed by atoms with Crippen LogP contribution in [0.15, 0.2) is 54.7 Å². The van der Waals surface area contributed by atoms with E-state index in [2.05, 4.69) is 30.8 Å². The maximum absolute atomic E-state index is 13.9. The zero-order valence-electron chi connectivity index (χ0n) is 22.9. The van der Waals surface area contributed by atoms with Crippen LogP contribution < -0.4 is 5.32 Å². The topological polar surface area (TPSA) is 120 Å². The van der Waals surface area contributed by atoms with E-state index in [4.69, 9.17) is 46.4 Å². The fraction of sp³-hybridized carbons (Fsp3) is 0.179. The number of tetrazole rings is 1. The number of pyridine rings is 1. The minimum Gasteiger partial charge on any atom is -0.348 e. The van der Waals surface area contributed by atoms with Crippen LogP contribution in [0.5, 0.6) is 0 Å². The van der Waals surface area contributed by atoms with E-state index in [-0.39, 0.29) is 52.3 Å². The van der Waals surface area contributed by atoms with Crippen LogP contribution in [0.25, 0.3) is 5.82 Å². The van der Waals surface area contributed by atoms with Crippen molar-refractivity contribution in [2.75, 3.05) is 0 Å². The third kappa shape index (κ3) is 7.61. The van der Waals surface area contributed by atoms with Gasteiger partial charge in [0.25, 0.3) is 11.7 Å². The Kier molecular flexibility index (Phi) is 9.44. The lowest BCUT2D eigenvalue weighted by Gasteiger charge is -2.14. The molecule has 10 nitrogen and oxygen atoms in total. The number of aryl methyl sites for hydroxylation is 1. The number of hydrogen-bond donors (Lipinski definition) is 1. The van der Waals surface area contributed by atoms with E-state index in [1.807, 2.05) is 0 Å². The van der Waals surface area contributed by atoms with Crippen LogP contribution in [-0.4, -0.2) is 46.7 Å². The van der Waals surface area contributed by atoms with Gasteiger partial charge in [0.1, 0.15) is 12.2 Å². The van der Waals surface area contributed by atoms with Crippen LogP contribution in [0.3, 0.4) is 0 Å². The SMILES string of the molecule is Cc1cc(Cl)cc(C(=O)NCc2cc(Cl)cc(Cl)c2)c1CC(=O)c1cc(Cn2nnc(C(F)(F)F)n2)nn1-c1ncccc1Cl. The highest BCUT2D eigenvalue weighted by Gasteiger charge is 2.37. The normalized spacial score (nSPS) is 11.6. The van der Waals surface area contributed by atoms with Gasteiger partial charge in [-0.15, -0.1) is 10.2 Å². The molecule has 17 heteroatoms. The average molecular weight is 698 g/mol. The fourth-order valence-electron chi connectivity index (χ4n) is 4.42. The second kappa shape index (κ2) is 13.1. The molecule has 5 rings (SSSR count). The monoisotopic (exact) mass is 696 g/mol. The summed E-state index contributed by atoms with van der Waals surface area (Å²) in [5, 5.41) is 18.2. The number of ketones is 1. The Labute approximate surface area is 273 Å². The molecule has 0 spiro atoms. The van der Waals surface area contributed by atoms with Crippen molar-refractivity contribution in [2.24, 2.45) is 0 Å². The van der Waals surface area contributed by atoms with Gasteiger partial charge in [-0.1, -0.05) is 46.4 Å². The zero-order valence-corrected chi connectivity index (χ0v) is 25.9. The molecular weight excluding hydrogens is 679 g/mol. The smallest absolute Gasteiger partial charge is 0.348 e. The van der Waals surface area contributed by atoms with Crippen molar-refractivity contribution >= 4 is 58.1 Å². The van der Waals surface area contributed by atoms with E-state index in [0.29, 0.717) is 31.5 Å². The number of halogens is 7. The Hall–Kier alpha value is -4.04. The summed E-state index contributed by atoms with van der Waals surface area (Å²) in [6.45, 7) is 1.45. The van der Waals surface area contributed by atoms with E-state index in [1.165, 1.54) is 29.1 Å². The minimum absolute atomic E-state index is 0.00367. The van der Waals surface area contributed by atoms with E-state index in [1.54, 1.807) is 37.3 Å². The number of aromatic nitrogens is 7. The maximum atomic E-state index is 13.9. The van der Waals surface area contributed by atoms with E-state index in [9.17, 15) is 22.8 Å². The number of nitrogens with zero attached hydrogens (tertiary/aromatic N) is 7. The standard InChI is InChI=1S/C28H19Cl4F3N8O2/c1-14-5-16(29)9-21(26(45)37-12-15-6-17(30)8-18(31)7-15)20(14)11-24(44)23-10-19(13-42-40-27(38-41-42)28(33,34)35)39-43(23)25-22(32)3-2-4-36-25/h2-10H,11-13H2,1H3,(H,37,45). The number of carbonyl (C=O) groups is 2. The number of rotatable bonds is 9. The quantitative estimate of drug-likeness (QED) is 0.172. The lowest BCUT2D eigenvalue weighted by Crippen LogP contribution is -2.25. The summed E-state index contributed by atoms with van der Waals surface area (Å²) in [6, 6.07) is 12.4. The van der Waals surface area contributed by atoms with Gasteiger partial charge >= 0.3 is 6.18 Å². The van der Waals surface area contributed by atoms with Gasteiger partial charge in [-0.25, -0.2) is 9.67 Å². The number of benzene rings is 2. The van der Waals surface area contributed by atoms with Gasteiger partial charge < -0.3 is 5.32 Å². The maximum Gasteiger partial charge on any atom is 0.455 e. The molecule has 1 N–H and O–H groups in total. The molecule has 0 fully saturated rings. The van der Waals surface area contributed by atoms with Crippen molar-refractivity contribution in [3.63, 3.8) is 0 Å². The molecule has 3 aromatic heterocycles. The van der Waals surface area contributed by atoms with Crippen molar-refractivity contribution < 1.29 is 22.8 Å². The van der Waals surface area contributed by atoms with Crippen LogP contribution in [-0.2, 0) is 25.7 Å². The van der Waals surface area contributed by atoms with Crippen LogP contribution in [0.1, 0.15) is 49.1 Å². The first-order valence-corrected chi connectivity index (χ1v) is 14.4. The lowest BCUT2D eigenvalue weighted by molar-refractivity contribution is -0.145. The molecule has 0 atom stereocenters. The zero-order chi connectivity index (χ0) is 32.5. The molecule has 232 valence electrons. The van der Waals surface area contributed by atoms with Crippen LogP contribution >= 0.6 is 46.4 Å². The Bertz CT molecular complexity index is 1910. The number of nitrogens with one attached hydrogen (secondary N) is 1. The largest absolute Gasteiger partial charge is 0.455 e. The molecule has 0 aliphatic rings. The third-order valence-electron chi connectivity index (χ3n) is 6.39. The van der Waals surface area contributed by atoms with Crippen molar-refractivity contribution in [2.45, 2.75) is 32.6 Å². The van der Waals surface area contributed by atoms with Gasteiger partial charge in [0, 0.05) is 39.8 Å². The Morgan fingerprint density at radius 1 is 0.956 bits per heavy atom. The molecule has 0 radical (unpaired) electrons. The highest BCUT2D eigenvalue weighted by atomic mass is 35.5. The first-order valence-electron chi connectivity index (χ1n) is 12.9. The number of Topliss-reactive ketones (excluding diaryl/α,β-unsaturated/α-hetero) is 1.